The monoisotopic (exact) mass is 246 g/mol. The van der Waals surface area contributed by atoms with Crippen molar-refractivity contribution in [1.82, 2.24) is 10.2 Å². The van der Waals surface area contributed by atoms with Crippen molar-refractivity contribution in [3.8, 4) is 0 Å². The summed E-state index contributed by atoms with van der Waals surface area (Å²) in [5.74, 6) is 0. The summed E-state index contributed by atoms with van der Waals surface area (Å²) in [5.41, 5.74) is 0. The Hall–Kier alpha value is -0.320. The van der Waals surface area contributed by atoms with Crippen LogP contribution in [0.2, 0.25) is 0 Å². The number of halogens is 1. The van der Waals surface area contributed by atoms with Crippen molar-refractivity contribution in [2.45, 2.75) is 12.8 Å². The molecule has 1 heterocycles. The molecule has 3 heteroatoms. The Morgan fingerprint density at radius 1 is 1.40 bits per heavy atom. The molecule has 1 aliphatic rings. The Balaban J connectivity index is 2.89. The lowest BCUT2D eigenvalue weighted by Crippen LogP contribution is -2.26. The van der Waals surface area contributed by atoms with E-state index in [2.05, 4.69) is 44.9 Å². The molecule has 0 saturated carbocycles. The largest absolute Gasteiger partial charge is 0.277 e. The molecule has 1 aliphatic carbocycles. The van der Waals surface area contributed by atoms with Gasteiger partial charge in [-0.1, -0.05) is 12.2 Å². The fraction of sp³-hybridized carbons (Fsp3) is 0.286. The third-order valence-corrected chi connectivity index (χ3v) is 2.47. The molecule has 0 saturated heterocycles. The summed E-state index contributed by atoms with van der Waals surface area (Å²) in [4.78, 5) is 0. The van der Waals surface area contributed by atoms with Crippen molar-refractivity contribution in [1.29, 1.82) is 0 Å². The lowest BCUT2D eigenvalue weighted by Gasteiger charge is -1.91. The minimum absolute atomic E-state index is 1.09. The molecule has 52 valence electrons. The zero-order valence-electron chi connectivity index (χ0n) is 5.39. The first kappa shape index (κ1) is 6.39. The second-order valence-electron chi connectivity index (χ2n) is 2.33. The Bertz CT molecular complexity index is 350. The van der Waals surface area contributed by atoms with Crippen LogP contribution in [-0.2, 0) is 0 Å². The number of hydrogen-bond acceptors (Lipinski definition) is 1. The summed E-state index contributed by atoms with van der Waals surface area (Å²) >= 11 is 2.24. The van der Waals surface area contributed by atoms with E-state index in [1.54, 1.807) is 0 Å². The highest BCUT2D eigenvalue weighted by Gasteiger charge is 1.98. The van der Waals surface area contributed by atoms with Gasteiger partial charge >= 0.3 is 0 Å². The predicted molar refractivity (Wildman–Crippen MR) is 48.7 cm³/mol. The van der Waals surface area contributed by atoms with E-state index >= 15 is 0 Å². The molecule has 0 atom stereocenters. The van der Waals surface area contributed by atoms with Gasteiger partial charge in [0.15, 0.2) is 0 Å². The van der Waals surface area contributed by atoms with Gasteiger partial charge < -0.3 is 0 Å². The Morgan fingerprint density at radius 3 is 3.00 bits per heavy atom. The van der Waals surface area contributed by atoms with Crippen molar-refractivity contribution in [3.05, 3.63) is 14.3 Å². The predicted octanol–water partition coefficient (Wildman–Crippen LogP) is 0.369. The van der Waals surface area contributed by atoms with Crippen LogP contribution in [-0.4, -0.2) is 10.2 Å². The van der Waals surface area contributed by atoms with Crippen molar-refractivity contribution >= 4 is 34.7 Å². The summed E-state index contributed by atoms with van der Waals surface area (Å²) in [6.07, 6.45) is 6.74. The minimum atomic E-state index is 1.09. The molecule has 0 radical (unpaired) electrons. The summed E-state index contributed by atoms with van der Waals surface area (Å²) in [7, 11) is 0. The van der Waals surface area contributed by atoms with Crippen molar-refractivity contribution in [2.75, 3.05) is 0 Å². The number of aromatic nitrogens is 2. The normalized spacial score (nSPS) is 15.3. The molecular weight excluding hydrogens is 239 g/mol. The SMILES string of the molecule is Ic1n[nH]c2c1=CCCC=2. The van der Waals surface area contributed by atoms with Crippen LogP contribution in [0, 0.1) is 3.70 Å². The molecule has 1 aromatic heterocycles. The van der Waals surface area contributed by atoms with Gasteiger partial charge in [-0.3, -0.25) is 5.10 Å². The standard InChI is InChI=1S/C7H7IN2/c8-7-5-3-1-2-4-6(5)9-10-7/h3-4,9H,1-2H2. The fourth-order valence-corrected chi connectivity index (χ4v) is 1.78. The van der Waals surface area contributed by atoms with Crippen LogP contribution in [0.5, 0.6) is 0 Å². The fourth-order valence-electron chi connectivity index (χ4n) is 1.15. The first-order valence-electron chi connectivity index (χ1n) is 3.28. The summed E-state index contributed by atoms with van der Waals surface area (Å²) in [6, 6.07) is 0. The van der Waals surface area contributed by atoms with E-state index < -0.39 is 0 Å². The molecule has 1 N–H and O–H groups in total. The van der Waals surface area contributed by atoms with E-state index in [9.17, 15) is 0 Å². The molecule has 2 nitrogen and oxygen atoms in total. The number of aromatic amines is 1. The highest BCUT2D eigenvalue weighted by atomic mass is 127. The van der Waals surface area contributed by atoms with Crippen LogP contribution in [0.3, 0.4) is 0 Å². The summed E-state index contributed by atoms with van der Waals surface area (Å²) in [5, 5.41) is 9.55. The van der Waals surface area contributed by atoms with Crippen LogP contribution in [0.1, 0.15) is 12.8 Å². The van der Waals surface area contributed by atoms with E-state index in [4.69, 9.17) is 0 Å². The molecule has 0 amide bonds. The van der Waals surface area contributed by atoms with Crippen LogP contribution in [0.25, 0.3) is 12.2 Å². The quantitative estimate of drug-likeness (QED) is 0.658. The Morgan fingerprint density at radius 2 is 2.20 bits per heavy atom. The maximum absolute atomic E-state index is 4.10. The van der Waals surface area contributed by atoms with Gasteiger partial charge in [-0.25, -0.2) is 0 Å². The zero-order chi connectivity index (χ0) is 6.97. The van der Waals surface area contributed by atoms with Crippen molar-refractivity contribution < 1.29 is 0 Å². The van der Waals surface area contributed by atoms with Gasteiger partial charge in [-0.2, -0.15) is 5.10 Å². The molecule has 0 aliphatic heterocycles. The first-order chi connectivity index (χ1) is 4.88. The zero-order valence-corrected chi connectivity index (χ0v) is 7.55. The lowest BCUT2D eigenvalue weighted by molar-refractivity contribution is 1.03. The average molecular weight is 246 g/mol. The van der Waals surface area contributed by atoms with Crippen molar-refractivity contribution in [3.63, 3.8) is 0 Å². The molecule has 10 heavy (non-hydrogen) atoms. The molecule has 0 fully saturated rings. The van der Waals surface area contributed by atoms with Gasteiger partial charge in [0.1, 0.15) is 3.70 Å². The Kier molecular flexibility index (Phi) is 1.52. The molecule has 0 aromatic carbocycles. The van der Waals surface area contributed by atoms with Crippen LogP contribution in [0.15, 0.2) is 0 Å². The van der Waals surface area contributed by atoms with E-state index in [0.717, 1.165) is 16.5 Å². The number of hydrogen-bond donors (Lipinski definition) is 1. The maximum Gasteiger partial charge on any atom is 0.130 e. The number of fused-ring (bicyclic) bond motifs is 1. The van der Waals surface area contributed by atoms with Gasteiger partial charge in [0.2, 0.25) is 0 Å². The molecular formula is C7H7IN2. The molecule has 0 unspecified atom stereocenters. The molecule has 0 spiro atoms. The number of nitrogens with one attached hydrogen (secondary N) is 1. The minimum Gasteiger partial charge on any atom is -0.277 e. The first-order valence-corrected chi connectivity index (χ1v) is 4.36. The summed E-state index contributed by atoms with van der Waals surface area (Å²) < 4.78 is 1.09. The van der Waals surface area contributed by atoms with Gasteiger partial charge in [-0.15, -0.1) is 0 Å². The van der Waals surface area contributed by atoms with Crippen molar-refractivity contribution in [2.24, 2.45) is 0 Å². The highest BCUT2D eigenvalue weighted by molar-refractivity contribution is 14.1. The number of H-pyrrole nitrogens is 1. The smallest absolute Gasteiger partial charge is 0.130 e. The third kappa shape index (κ3) is 0.885. The van der Waals surface area contributed by atoms with Gasteiger partial charge in [0, 0.05) is 5.22 Å². The molecule has 1 aromatic rings. The number of rotatable bonds is 0. The van der Waals surface area contributed by atoms with Gasteiger partial charge in [-0.05, 0) is 35.4 Å². The van der Waals surface area contributed by atoms with Gasteiger partial charge in [0.05, 0.1) is 5.35 Å². The van der Waals surface area contributed by atoms with Gasteiger partial charge in [0.25, 0.3) is 0 Å². The van der Waals surface area contributed by atoms with Crippen LogP contribution < -0.4 is 10.6 Å². The topological polar surface area (TPSA) is 28.7 Å². The van der Waals surface area contributed by atoms with E-state index in [1.807, 2.05) is 0 Å². The van der Waals surface area contributed by atoms with Crippen LogP contribution in [0.4, 0.5) is 0 Å². The van der Waals surface area contributed by atoms with E-state index in [1.165, 1.54) is 10.6 Å². The lowest BCUT2D eigenvalue weighted by atomic mass is 10.2. The number of nitrogens with zero attached hydrogens (tertiary/aromatic N) is 1. The average Bonchev–Trinajstić information content (AvgIpc) is 2.34. The third-order valence-electron chi connectivity index (χ3n) is 1.65. The van der Waals surface area contributed by atoms with E-state index in [-0.39, 0.29) is 0 Å². The molecule has 0 bridgehead atoms. The Labute approximate surface area is 72.2 Å². The van der Waals surface area contributed by atoms with Crippen LogP contribution >= 0.6 is 22.6 Å². The second-order valence-corrected chi connectivity index (χ2v) is 3.35. The molecule has 2 rings (SSSR count). The summed E-state index contributed by atoms with van der Waals surface area (Å²) in [6.45, 7) is 0. The van der Waals surface area contributed by atoms with E-state index in [0.29, 0.717) is 0 Å². The maximum atomic E-state index is 4.10. The second kappa shape index (κ2) is 2.38. The highest BCUT2D eigenvalue weighted by Crippen LogP contribution is 1.96.